The SMILES string of the molecule is CCCCCNc1nc(N)nc(C)c1Cc1ccc(CC(=O)OC)cc1. The number of hydrogen-bond donors (Lipinski definition) is 2. The molecule has 0 aliphatic carbocycles. The fourth-order valence-corrected chi connectivity index (χ4v) is 2.78. The average molecular weight is 356 g/mol. The summed E-state index contributed by atoms with van der Waals surface area (Å²) in [6.07, 6.45) is 4.45. The van der Waals surface area contributed by atoms with Gasteiger partial charge in [-0.2, -0.15) is 4.98 Å². The molecule has 6 heteroatoms. The number of anilines is 2. The van der Waals surface area contributed by atoms with Gasteiger partial charge >= 0.3 is 5.97 Å². The number of benzene rings is 1. The first kappa shape index (κ1) is 19.7. The highest BCUT2D eigenvalue weighted by Gasteiger charge is 2.12. The molecule has 0 saturated carbocycles. The van der Waals surface area contributed by atoms with Crippen molar-refractivity contribution in [3.05, 3.63) is 46.6 Å². The number of carbonyl (C=O) groups excluding carboxylic acids is 1. The lowest BCUT2D eigenvalue weighted by atomic mass is 10.0. The molecule has 0 atom stereocenters. The molecule has 0 unspecified atom stereocenters. The van der Waals surface area contributed by atoms with Crippen LogP contribution in [0, 0.1) is 6.92 Å². The van der Waals surface area contributed by atoms with E-state index in [1.165, 1.54) is 20.0 Å². The molecule has 2 rings (SSSR count). The molecule has 2 aromatic rings. The Balaban J connectivity index is 2.13. The quantitative estimate of drug-likeness (QED) is 0.529. The molecule has 0 bridgehead atoms. The molecule has 0 aliphatic rings. The number of unbranched alkanes of at least 4 members (excludes halogenated alkanes) is 2. The van der Waals surface area contributed by atoms with Gasteiger partial charge in [-0.15, -0.1) is 0 Å². The number of ether oxygens (including phenoxy) is 1. The number of methoxy groups -OCH3 is 1. The smallest absolute Gasteiger partial charge is 0.309 e. The summed E-state index contributed by atoms with van der Waals surface area (Å²) < 4.78 is 4.70. The zero-order chi connectivity index (χ0) is 18.9. The van der Waals surface area contributed by atoms with Gasteiger partial charge < -0.3 is 15.8 Å². The maximum Gasteiger partial charge on any atom is 0.309 e. The second kappa shape index (κ2) is 9.75. The second-order valence-corrected chi connectivity index (χ2v) is 6.37. The third-order valence-corrected chi connectivity index (χ3v) is 4.28. The minimum Gasteiger partial charge on any atom is -0.469 e. The minimum atomic E-state index is -0.237. The lowest BCUT2D eigenvalue weighted by molar-refractivity contribution is -0.139. The molecule has 0 radical (unpaired) electrons. The Morgan fingerprint density at radius 1 is 1.15 bits per heavy atom. The molecule has 1 heterocycles. The third-order valence-electron chi connectivity index (χ3n) is 4.28. The van der Waals surface area contributed by atoms with Crippen molar-refractivity contribution in [2.75, 3.05) is 24.7 Å². The Kier molecular flexibility index (Phi) is 7.38. The molecule has 3 N–H and O–H groups in total. The van der Waals surface area contributed by atoms with Crippen molar-refractivity contribution >= 4 is 17.7 Å². The summed E-state index contributed by atoms with van der Waals surface area (Å²) in [4.78, 5) is 20.1. The highest BCUT2D eigenvalue weighted by Crippen LogP contribution is 2.22. The summed E-state index contributed by atoms with van der Waals surface area (Å²) in [6, 6.07) is 7.95. The molecule has 0 aliphatic heterocycles. The number of nitrogens with two attached hydrogens (primary N) is 1. The first-order valence-corrected chi connectivity index (χ1v) is 9.05. The number of rotatable bonds is 9. The molecular formula is C20H28N4O2. The van der Waals surface area contributed by atoms with E-state index in [2.05, 4.69) is 22.2 Å². The molecule has 0 spiro atoms. The van der Waals surface area contributed by atoms with Gasteiger partial charge in [0, 0.05) is 24.2 Å². The Hall–Kier alpha value is -2.63. The third kappa shape index (κ3) is 5.72. The van der Waals surface area contributed by atoms with Gasteiger partial charge in [-0.1, -0.05) is 44.0 Å². The van der Waals surface area contributed by atoms with Gasteiger partial charge in [0.05, 0.1) is 13.5 Å². The topological polar surface area (TPSA) is 90.1 Å². The van der Waals surface area contributed by atoms with Gasteiger partial charge in [0.15, 0.2) is 0 Å². The zero-order valence-corrected chi connectivity index (χ0v) is 15.8. The lowest BCUT2D eigenvalue weighted by Gasteiger charge is -2.14. The van der Waals surface area contributed by atoms with E-state index in [0.29, 0.717) is 6.42 Å². The zero-order valence-electron chi connectivity index (χ0n) is 15.8. The average Bonchev–Trinajstić information content (AvgIpc) is 2.62. The van der Waals surface area contributed by atoms with Crippen molar-refractivity contribution in [3.63, 3.8) is 0 Å². The number of nitrogens with zero attached hydrogens (tertiary/aromatic N) is 2. The Labute approximate surface area is 155 Å². The van der Waals surface area contributed by atoms with Crippen LogP contribution in [0.3, 0.4) is 0 Å². The highest BCUT2D eigenvalue weighted by molar-refractivity contribution is 5.72. The minimum absolute atomic E-state index is 0.237. The highest BCUT2D eigenvalue weighted by atomic mass is 16.5. The van der Waals surface area contributed by atoms with E-state index in [1.807, 2.05) is 31.2 Å². The van der Waals surface area contributed by atoms with Gasteiger partial charge in [-0.3, -0.25) is 4.79 Å². The van der Waals surface area contributed by atoms with Gasteiger partial charge in [0.25, 0.3) is 0 Å². The van der Waals surface area contributed by atoms with Crippen molar-refractivity contribution in [3.8, 4) is 0 Å². The number of aryl methyl sites for hydroxylation is 1. The summed E-state index contributed by atoms with van der Waals surface area (Å²) >= 11 is 0. The van der Waals surface area contributed by atoms with Gasteiger partial charge in [-0.25, -0.2) is 4.98 Å². The van der Waals surface area contributed by atoms with Crippen molar-refractivity contribution in [1.82, 2.24) is 9.97 Å². The van der Waals surface area contributed by atoms with E-state index in [0.717, 1.165) is 41.2 Å². The first-order chi connectivity index (χ1) is 12.5. The van der Waals surface area contributed by atoms with Crippen molar-refractivity contribution in [2.24, 2.45) is 0 Å². The van der Waals surface area contributed by atoms with Gasteiger partial charge in [-0.05, 0) is 24.5 Å². The molecule has 0 amide bonds. The molecular weight excluding hydrogens is 328 g/mol. The molecule has 6 nitrogen and oxygen atoms in total. The van der Waals surface area contributed by atoms with E-state index in [1.54, 1.807) is 0 Å². The summed E-state index contributed by atoms with van der Waals surface area (Å²) in [5.41, 5.74) is 9.83. The Bertz CT molecular complexity index is 729. The predicted molar refractivity (Wildman–Crippen MR) is 104 cm³/mol. The van der Waals surface area contributed by atoms with Crippen LogP contribution in [0.4, 0.5) is 11.8 Å². The van der Waals surface area contributed by atoms with E-state index in [4.69, 9.17) is 10.5 Å². The van der Waals surface area contributed by atoms with Crippen LogP contribution >= 0.6 is 0 Å². The number of aromatic nitrogens is 2. The van der Waals surface area contributed by atoms with Crippen LogP contribution in [-0.4, -0.2) is 29.6 Å². The van der Waals surface area contributed by atoms with E-state index >= 15 is 0 Å². The van der Waals surface area contributed by atoms with Crippen molar-refractivity contribution in [2.45, 2.75) is 46.0 Å². The fraction of sp³-hybridized carbons (Fsp3) is 0.450. The lowest BCUT2D eigenvalue weighted by Crippen LogP contribution is -2.11. The number of carbonyl (C=O) groups is 1. The predicted octanol–water partition coefficient (Wildman–Crippen LogP) is 3.28. The largest absolute Gasteiger partial charge is 0.469 e. The van der Waals surface area contributed by atoms with E-state index < -0.39 is 0 Å². The van der Waals surface area contributed by atoms with Gasteiger partial charge in [0.2, 0.25) is 5.95 Å². The number of nitrogens with one attached hydrogen (secondary N) is 1. The number of hydrogen-bond acceptors (Lipinski definition) is 6. The summed E-state index contributed by atoms with van der Waals surface area (Å²) in [5, 5.41) is 3.40. The van der Waals surface area contributed by atoms with E-state index in [9.17, 15) is 4.79 Å². The van der Waals surface area contributed by atoms with Crippen LogP contribution < -0.4 is 11.1 Å². The van der Waals surface area contributed by atoms with Crippen LogP contribution in [0.1, 0.15) is 48.6 Å². The standard InChI is InChI=1S/C20H28N4O2/c1-4-5-6-11-22-19-17(14(2)23-20(21)24-19)12-15-7-9-16(10-8-15)13-18(25)26-3/h7-10H,4-6,11-13H2,1-3H3,(H3,21,22,23,24). The molecule has 1 aromatic carbocycles. The van der Waals surface area contributed by atoms with Crippen LogP contribution in [0.15, 0.2) is 24.3 Å². The van der Waals surface area contributed by atoms with Crippen LogP contribution in [0.5, 0.6) is 0 Å². The Morgan fingerprint density at radius 2 is 1.85 bits per heavy atom. The summed E-state index contributed by atoms with van der Waals surface area (Å²) in [6.45, 7) is 5.01. The summed E-state index contributed by atoms with van der Waals surface area (Å²) in [5.74, 6) is 0.863. The van der Waals surface area contributed by atoms with Crippen LogP contribution in [-0.2, 0) is 22.4 Å². The first-order valence-electron chi connectivity index (χ1n) is 9.05. The van der Waals surface area contributed by atoms with Crippen LogP contribution in [0.2, 0.25) is 0 Å². The number of esters is 1. The normalized spacial score (nSPS) is 10.6. The van der Waals surface area contributed by atoms with Crippen molar-refractivity contribution < 1.29 is 9.53 Å². The van der Waals surface area contributed by atoms with Crippen molar-refractivity contribution in [1.29, 1.82) is 0 Å². The van der Waals surface area contributed by atoms with Crippen LogP contribution in [0.25, 0.3) is 0 Å². The molecule has 0 saturated heterocycles. The van der Waals surface area contributed by atoms with Gasteiger partial charge in [0.1, 0.15) is 5.82 Å². The maximum absolute atomic E-state index is 11.4. The summed E-state index contributed by atoms with van der Waals surface area (Å²) in [7, 11) is 1.40. The number of nitrogen functional groups attached to an aromatic ring is 1. The fourth-order valence-electron chi connectivity index (χ4n) is 2.78. The second-order valence-electron chi connectivity index (χ2n) is 6.37. The maximum atomic E-state index is 11.4. The Morgan fingerprint density at radius 3 is 2.50 bits per heavy atom. The molecule has 0 fully saturated rings. The van der Waals surface area contributed by atoms with E-state index in [-0.39, 0.29) is 18.3 Å². The molecule has 140 valence electrons. The molecule has 26 heavy (non-hydrogen) atoms. The molecule has 1 aromatic heterocycles. The monoisotopic (exact) mass is 356 g/mol.